The normalized spacial score (nSPS) is 10.3. The largest absolute Gasteiger partial charge is 0.496 e. The molecule has 0 aliphatic carbocycles. The highest BCUT2D eigenvalue weighted by Crippen LogP contribution is 2.31. The number of carboxylic acid groups (broad SMARTS) is 1. The minimum atomic E-state index is -1.23. The van der Waals surface area contributed by atoms with Crippen molar-refractivity contribution in [2.45, 2.75) is 6.54 Å². The number of ether oxygens (including phenoxy) is 2. The molecule has 0 radical (unpaired) electrons. The Hall–Kier alpha value is -5.09. The molecular formula is C26H20FN5O4. The van der Waals surface area contributed by atoms with Gasteiger partial charge in [0.25, 0.3) is 0 Å². The van der Waals surface area contributed by atoms with Crippen LogP contribution in [0.1, 0.15) is 11.3 Å². The van der Waals surface area contributed by atoms with Gasteiger partial charge in [-0.05, 0) is 30.3 Å². The molecule has 0 saturated carbocycles. The Bertz CT molecular complexity index is 1560. The Kier molecular flexibility index (Phi) is 6.98. The molecule has 0 unspecified atom stereocenters. The van der Waals surface area contributed by atoms with E-state index in [1.54, 1.807) is 34.9 Å². The van der Waals surface area contributed by atoms with Crippen LogP contribution in [0, 0.1) is 29.0 Å². The van der Waals surface area contributed by atoms with Gasteiger partial charge in [0.1, 0.15) is 41.2 Å². The molecule has 2 aromatic carbocycles. The quantitative estimate of drug-likeness (QED) is 0.380. The highest BCUT2D eigenvalue weighted by Gasteiger charge is 2.16. The van der Waals surface area contributed by atoms with Gasteiger partial charge in [-0.2, -0.15) is 5.26 Å². The number of nitrogens with one attached hydrogen (secondary N) is 1. The molecule has 9 nitrogen and oxygen atoms in total. The molecule has 4 aromatic rings. The van der Waals surface area contributed by atoms with E-state index in [4.69, 9.17) is 14.6 Å². The number of aromatic nitrogens is 3. The molecule has 0 aliphatic heterocycles. The van der Waals surface area contributed by atoms with E-state index in [1.165, 1.54) is 32.7 Å². The monoisotopic (exact) mass is 485 g/mol. The highest BCUT2D eigenvalue weighted by molar-refractivity contribution is 5.89. The molecule has 0 fully saturated rings. The molecule has 0 bridgehead atoms. The molecule has 180 valence electrons. The Morgan fingerprint density at radius 1 is 1.14 bits per heavy atom. The zero-order valence-electron chi connectivity index (χ0n) is 19.4. The lowest BCUT2D eigenvalue weighted by molar-refractivity contribution is -0.130. The van der Waals surface area contributed by atoms with Gasteiger partial charge < -0.3 is 24.5 Å². The van der Waals surface area contributed by atoms with Crippen LogP contribution < -0.4 is 14.8 Å². The molecule has 0 saturated heterocycles. The summed E-state index contributed by atoms with van der Waals surface area (Å²) >= 11 is 0. The smallest absolute Gasteiger partial charge is 0.382 e. The number of anilines is 1. The fourth-order valence-corrected chi connectivity index (χ4v) is 3.80. The van der Waals surface area contributed by atoms with Crippen molar-refractivity contribution in [3.8, 4) is 40.7 Å². The summed E-state index contributed by atoms with van der Waals surface area (Å²) in [4.78, 5) is 19.3. The molecule has 0 atom stereocenters. The molecule has 4 rings (SSSR count). The number of benzene rings is 2. The lowest BCUT2D eigenvalue weighted by Crippen LogP contribution is -2.13. The first-order valence-corrected chi connectivity index (χ1v) is 10.7. The molecule has 2 aromatic heterocycles. The van der Waals surface area contributed by atoms with Crippen LogP contribution in [-0.4, -0.2) is 46.4 Å². The van der Waals surface area contributed by atoms with Crippen molar-refractivity contribution < 1.29 is 23.8 Å². The molecular weight excluding hydrogens is 465 g/mol. The van der Waals surface area contributed by atoms with Crippen LogP contribution in [0.5, 0.6) is 11.5 Å². The number of hydrogen-bond donors (Lipinski definition) is 2. The Balaban J connectivity index is 1.54. The summed E-state index contributed by atoms with van der Waals surface area (Å²) in [5, 5.41) is 22.0. The number of rotatable bonds is 7. The molecule has 2 heterocycles. The van der Waals surface area contributed by atoms with Crippen LogP contribution in [0.2, 0.25) is 0 Å². The summed E-state index contributed by atoms with van der Waals surface area (Å²) in [6.07, 6.45) is 1.40. The summed E-state index contributed by atoms with van der Waals surface area (Å²) in [6.45, 7) is 0.666. The van der Waals surface area contributed by atoms with Crippen LogP contribution in [0.3, 0.4) is 0 Å². The van der Waals surface area contributed by atoms with Crippen molar-refractivity contribution in [3.05, 3.63) is 65.9 Å². The van der Waals surface area contributed by atoms with E-state index in [-0.39, 0.29) is 0 Å². The van der Waals surface area contributed by atoms with Crippen LogP contribution in [0.25, 0.3) is 22.2 Å². The van der Waals surface area contributed by atoms with Crippen molar-refractivity contribution in [1.82, 2.24) is 14.5 Å². The molecule has 36 heavy (non-hydrogen) atoms. The number of halogens is 1. The van der Waals surface area contributed by atoms with Crippen LogP contribution in [-0.2, 0) is 11.3 Å². The average molecular weight is 485 g/mol. The van der Waals surface area contributed by atoms with E-state index in [9.17, 15) is 14.4 Å². The van der Waals surface area contributed by atoms with E-state index < -0.39 is 11.8 Å². The Morgan fingerprint density at radius 3 is 2.67 bits per heavy atom. The van der Waals surface area contributed by atoms with E-state index in [2.05, 4.69) is 33.2 Å². The van der Waals surface area contributed by atoms with Crippen molar-refractivity contribution in [2.75, 3.05) is 26.1 Å². The Labute approximate surface area is 205 Å². The van der Waals surface area contributed by atoms with Crippen LogP contribution in [0.15, 0.2) is 48.8 Å². The molecule has 0 spiro atoms. The van der Waals surface area contributed by atoms with Gasteiger partial charge in [0.15, 0.2) is 0 Å². The topological polar surface area (TPSA) is 122 Å². The van der Waals surface area contributed by atoms with Crippen molar-refractivity contribution in [2.24, 2.45) is 0 Å². The summed E-state index contributed by atoms with van der Waals surface area (Å²) in [5.41, 5.74) is 2.37. The molecule has 0 amide bonds. The molecule has 2 N–H and O–H groups in total. The SMILES string of the molecule is COc1cc(-c2cc(NCCn3c(C#N)cc4c(OC)ccc(F)c43)ncn2)ccc1C#CC(=O)O. The Morgan fingerprint density at radius 2 is 1.94 bits per heavy atom. The summed E-state index contributed by atoms with van der Waals surface area (Å²) in [5.74, 6) is 4.37. The predicted octanol–water partition coefficient (Wildman–Crippen LogP) is 3.67. The zero-order chi connectivity index (χ0) is 25.7. The average Bonchev–Trinajstić information content (AvgIpc) is 3.27. The number of carbonyl (C=O) groups is 1. The van der Waals surface area contributed by atoms with E-state index in [0.29, 0.717) is 58.3 Å². The predicted molar refractivity (Wildman–Crippen MR) is 130 cm³/mol. The number of hydrogen-bond acceptors (Lipinski definition) is 7. The second kappa shape index (κ2) is 10.5. The van der Waals surface area contributed by atoms with Gasteiger partial charge in [0, 0.05) is 36.0 Å². The first-order chi connectivity index (χ1) is 17.4. The standard InChI is InChI=1S/C26H20FN5O4/c1-35-22-7-6-20(27)26-19(22)12-18(14-28)32(26)10-9-29-24-13-21(30-15-31-24)17-4-3-16(5-8-25(33)34)23(11-17)36-2/h3-4,6-7,11-13,15H,9-10H2,1-2H3,(H,33,34)(H,29,30,31). The lowest BCUT2D eigenvalue weighted by Gasteiger charge is -2.11. The van der Waals surface area contributed by atoms with E-state index >= 15 is 0 Å². The van der Waals surface area contributed by atoms with Gasteiger partial charge in [-0.3, -0.25) is 0 Å². The first kappa shape index (κ1) is 24.0. The van der Waals surface area contributed by atoms with Gasteiger partial charge >= 0.3 is 5.97 Å². The van der Waals surface area contributed by atoms with Crippen LogP contribution in [0.4, 0.5) is 10.2 Å². The number of aliphatic carboxylic acids is 1. The summed E-state index contributed by atoms with van der Waals surface area (Å²) < 4.78 is 26.9. The third-order valence-electron chi connectivity index (χ3n) is 5.41. The fraction of sp³-hybridized carbons (Fsp3) is 0.154. The minimum Gasteiger partial charge on any atom is -0.496 e. The minimum absolute atomic E-state index is 0.300. The number of nitrogens with zero attached hydrogens (tertiary/aromatic N) is 4. The summed E-state index contributed by atoms with van der Waals surface area (Å²) in [7, 11) is 2.97. The van der Waals surface area contributed by atoms with Gasteiger partial charge in [0.2, 0.25) is 0 Å². The van der Waals surface area contributed by atoms with Crippen molar-refractivity contribution >= 4 is 22.7 Å². The second-order valence-electron chi connectivity index (χ2n) is 7.49. The van der Waals surface area contributed by atoms with Crippen molar-refractivity contribution in [1.29, 1.82) is 5.26 Å². The van der Waals surface area contributed by atoms with Crippen LogP contribution >= 0.6 is 0 Å². The fourth-order valence-electron chi connectivity index (χ4n) is 3.80. The van der Waals surface area contributed by atoms with Gasteiger partial charge in [0.05, 0.1) is 31.0 Å². The van der Waals surface area contributed by atoms with Crippen molar-refractivity contribution in [3.63, 3.8) is 0 Å². The number of methoxy groups -OCH3 is 2. The molecule has 10 heteroatoms. The number of nitriles is 1. The lowest BCUT2D eigenvalue weighted by atomic mass is 10.1. The molecule has 0 aliphatic rings. The van der Waals surface area contributed by atoms with Gasteiger partial charge in [-0.1, -0.05) is 12.0 Å². The van der Waals surface area contributed by atoms with E-state index in [1.807, 2.05) is 0 Å². The van der Waals surface area contributed by atoms with Gasteiger partial charge in [-0.25, -0.2) is 19.2 Å². The maximum atomic E-state index is 14.6. The maximum Gasteiger partial charge on any atom is 0.382 e. The zero-order valence-corrected chi connectivity index (χ0v) is 19.4. The number of carboxylic acids is 1. The maximum absolute atomic E-state index is 14.6. The highest BCUT2D eigenvalue weighted by atomic mass is 19.1. The second-order valence-corrected chi connectivity index (χ2v) is 7.49. The first-order valence-electron chi connectivity index (χ1n) is 10.7. The number of fused-ring (bicyclic) bond motifs is 1. The third kappa shape index (κ3) is 4.88. The third-order valence-corrected chi connectivity index (χ3v) is 5.41. The summed E-state index contributed by atoms with van der Waals surface area (Å²) in [6, 6.07) is 13.4. The van der Waals surface area contributed by atoms with Gasteiger partial charge in [-0.15, -0.1) is 0 Å². The van der Waals surface area contributed by atoms with E-state index in [0.717, 1.165) is 5.56 Å².